The van der Waals surface area contributed by atoms with Crippen LogP contribution >= 0.6 is 0 Å². The third-order valence-electron chi connectivity index (χ3n) is 3.74. The molecule has 0 heterocycles. The molecule has 0 atom stereocenters. The highest BCUT2D eigenvalue weighted by Crippen LogP contribution is 2.25. The second-order valence-electron chi connectivity index (χ2n) is 5.43. The number of hydrogen-bond donors (Lipinski definition) is 2. The van der Waals surface area contributed by atoms with Crippen molar-refractivity contribution < 1.29 is 9.72 Å². The molecular formula is C19H15N3O3. The van der Waals surface area contributed by atoms with Crippen LogP contribution in [0.25, 0.3) is 11.1 Å². The van der Waals surface area contributed by atoms with Crippen molar-refractivity contribution in [3.05, 3.63) is 88.5 Å². The van der Waals surface area contributed by atoms with Gasteiger partial charge < -0.3 is 11.1 Å². The zero-order chi connectivity index (χ0) is 17.8. The lowest BCUT2D eigenvalue weighted by Gasteiger charge is -2.07. The Hall–Kier alpha value is -3.67. The van der Waals surface area contributed by atoms with E-state index in [9.17, 15) is 14.9 Å². The van der Waals surface area contributed by atoms with Gasteiger partial charge in [0.05, 0.1) is 4.92 Å². The molecule has 3 rings (SSSR count). The quantitative estimate of drug-likeness (QED) is 0.426. The van der Waals surface area contributed by atoms with E-state index < -0.39 is 4.92 Å². The van der Waals surface area contributed by atoms with Crippen LogP contribution < -0.4 is 11.1 Å². The molecule has 3 aromatic rings. The highest BCUT2D eigenvalue weighted by molar-refractivity contribution is 6.04. The Balaban J connectivity index is 1.78. The molecule has 25 heavy (non-hydrogen) atoms. The molecule has 6 nitrogen and oxygen atoms in total. The van der Waals surface area contributed by atoms with Crippen LogP contribution in [0.2, 0.25) is 0 Å². The van der Waals surface area contributed by atoms with Crippen LogP contribution in [-0.4, -0.2) is 10.8 Å². The maximum Gasteiger partial charge on any atom is 0.294 e. The Morgan fingerprint density at radius 2 is 1.56 bits per heavy atom. The van der Waals surface area contributed by atoms with E-state index in [0.717, 1.165) is 11.1 Å². The van der Waals surface area contributed by atoms with Crippen molar-refractivity contribution in [1.29, 1.82) is 0 Å². The summed E-state index contributed by atoms with van der Waals surface area (Å²) in [4.78, 5) is 22.6. The number of nitro groups is 1. The number of carbonyl (C=O) groups is 1. The second kappa shape index (κ2) is 6.84. The monoisotopic (exact) mass is 333 g/mol. The molecule has 0 aliphatic carbocycles. The van der Waals surface area contributed by atoms with Crippen molar-refractivity contribution in [2.24, 2.45) is 0 Å². The summed E-state index contributed by atoms with van der Waals surface area (Å²) in [7, 11) is 0. The first-order chi connectivity index (χ1) is 12.0. The van der Waals surface area contributed by atoms with E-state index in [-0.39, 0.29) is 17.3 Å². The predicted molar refractivity (Wildman–Crippen MR) is 97.3 cm³/mol. The van der Waals surface area contributed by atoms with Crippen LogP contribution in [0.15, 0.2) is 72.8 Å². The summed E-state index contributed by atoms with van der Waals surface area (Å²) in [5, 5.41) is 13.6. The van der Waals surface area contributed by atoms with E-state index in [2.05, 4.69) is 5.32 Å². The van der Waals surface area contributed by atoms with Crippen molar-refractivity contribution in [3.8, 4) is 11.1 Å². The third-order valence-corrected chi connectivity index (χ3v) is 3.74. The lowest BCUT2D eigenvalue weighted by Crippen LogP contribution is -2.12. The normalized spacial score (nSPS) is 10.2. The second-order valence-corrected chi connectivity index (χ2v) is 5.43. The zero-order valence-corrected chi connectivity index (χ0v) is 13.2. The van der Waals surface area contributed by atoms with Gasteiger partial charge in [-0.05, 0) is 35.4 Å². The minimum absolute atomic E-state index is 0.0511. The molecular weight excluding hydrogens is 318 g/mol. The van der Waals surface area contributed by atoms with Gasteiger partial charge in [-0.3, -0.25) is 14.9 Å². The van der Waals surface area contributed by atoms with Crippen LogP contribution in [0.1, 0.15) is 10.4 Å². The van der Waals surface area contributed by atoms with Gasteiger partial charge in [0.25, 0.3) is 11.6 Å². The highest BCUT2D eigenvalue weighted by atomic mass is 16.6. The van der Waals surface area contributed by atoms with Crippen LogP contribution in [0.5, 0.6) is 0 Å². The molecule has 6 heteroatoms. The summed E-state index contributed by atoms with van der Waals surface area (Å²) in [6.45, 7) is 0. The molecule has 0 unspecified atom stereocenters. The molecule has 1 amide bonds. The number of rotatable bonds is 4. The van der Waals surface area contributed by atoms with E-state index >= 15 is 0 Å². The first kappa shape index (κ1) is 16.2. The highest BCUT2D eigenvalue weighted by Gasteiger charge is 2.14. The van der Waals surface area contributed by atoms with Gasteiger partial charge in [0.1, 0.15) is 5.69 Å². The van der Waals surface area contributed by atoms with E-state index in [1.54, 1.807) is 12.1 Å². The molecule has 0 bridgehead atoms. The summed E-state index contributed by atoms with van der Waals surface area (Å²) in [6, 6.07) is 21.1. The van der Waals surface area contributed by atoms with Crippen molar-refractivity contribution in [2.45, 2.75) is 0 Å². The molecule has 0 saturated heterocycles. The van der Waals surface area contributed by atoms with Gasteiger partial charge in [0.15, 0.2) is 0 Å². The Morgan fingerprint density at radius 1 is 0.920 bits per heavy atom. The van der Waals surface area contributed by atoms with Crippen LogP contribution in [0, 0.1) is 10.1 Å². The molecule has 124 valence electrons. The molecule has 0 aliphatic rings. The van der Waals surface area contributed by atoms with Crippen LogP contribution in [0.3, 0.4) is 0 Å². The van der Waals surface area contributed by atoms with Gasteiger partial charge >= 0.3 is 0 Å². The topological polar surface area (TPSA) is 98.3 Å². The van der Waals surface area contributed by atoms with E-state index in [0.29, 0.717) is 11.3 Å². The summed E-state index contributed by atoms with van der Waals surface area (Å²) in [6.07, 6.45) is 0. The molecule has 0 saturated carbocycles. The Morgan fingerprint density at radius 3 is 2.20 bits per heavy atom. The molecule has 0 aliphatic heterocycles. The Kier molecular flexibility index (Phi) is 4.43. The van der Waals surface area contributed by atoms with Crippen molar-refractivity contribution >= 4 is 23.0 Å². The summed E-state index contributed by atoms with van der Waals surface area (Å²) in [5.41, 5.74) is 8.20. The van der Waals surface area contributed by atoms with Gasteiger partial charge in [0, 0.05) is 17.3 Å². The molecule has 0 spiro atoms. The average molecular weight is 333 g/mol. The number of carbonyl (C=O) groups excluding carboxylic acids is 1. The summed E-state index contributed by atoms with van der Waals surface area (Å²) < 4.78 is 0. The molecule has 0 aromatic heterocycles. The van der Waals surface area contributed by atoms with Crippen molar-refractivity contribution in [1.82, 2.24) is 0 Å². The predicted octanol–water partition coefficient (Wildman–Crippen LogP) is 4.10. The van der Waals surface area contributed by atoms with E-state index in [4.69, 9.17) is 5.73 Å². The maximum absolute atomic E-state index is 12.3. The lowest BCUT2D eigenvalue weighted by atomic mass is 10.0. The largest absolute Gasteiger partial charge is 0.393 e. The molecule has 3 aromatic carbocycles. The number of nitro benzene ring substituents is 1. The number of hydrogen-bond acceptors (Lipinski definition) is 4. The van der Waals surface area contributed by atoms with Gasteiger partial charge in [-0.25, -0.2) is 0 Å². The van der Waals surface area contributed by atoms with Gasteiger partial charge in [-0.2, -0.15) is 0 Å². The van der Waals surface area contributed by atoms with Gasteiger partial charge in [0.2, 0.25) is 0 Å². The molecule has 0 radical (unpaired) electrons. The minimum Gasteiger partial charge on any atom is -0.393 e. The number of benzene rings is 3. The standard InChI is InChI=1S/C19H15N3O3/c20-17-11-10-16(12-18(17)22(24)25)21-19(23)15-8-6-14(7-9-15)13-4-2-1-3-5-13/h1-12H,20H2,(H,21,23). The van der Waals surface area contributed by atoms with Crippen LogP contribution in [-0.2, 0) is 0 Å². The summed E-state index contributed by atoms with van der Waals surface area (Å²) in [5.74, 6) is -0.348. The number of nitrogen functional groups attached to an aromatic ring is 1. The zero-order valence-electron chi connectivity index (χ0n) is 13.2. The number of nitrogens with one attached hydrogen (secondary N) is 1. The summed E-state index contributed by atoms with van der Waals surface area (Å²) >= 11 is 0. The lowest BCUT2D eigenvalue weighted by molar-refractivity contribution is -0.383. The molecule has 3 N–H and O–H groups in total. The maximum atomic E-state index is 12.3. The number of nitrogens with two attached hydrogens (primary N) is 1. The van der Waals surface area contributed by atoms with E-state index in [1.807, 2.05) is 42.5 Å². The minimum atomic E-state index is -0.584. The number of amides is 1. The fraction of sp³-hybridized carbons (Fsp3) is 0. The van der Waals surface area contributed by atoms with Crippen LogP contribution in [0.4, 0.5) is 17.1 Å². The average Bonchev–Trinajstić information content (AvgIpc) is 2.64. The Bertz CT molecular complexity index is 922. The fourth-order valence-electron chi connectivity index (χ4n) is 2.43. The third kappa shape index (κ3) is 3.64. The van der Waals surface area contributed by atoms with Gasteiger partial charge in [-0.1, -0.05) is 42.5 Å². The first-order valence-corrected chi connectivity index (χ1v) is 7.55. The molecule has 0 fully saturated rings. The fourth-order valence-corrected chi connectivity index (χ4v) is 2.43. The van der Waals surface area contributed by atoms with E-state index in [1.165, 1.54) is 18.2 Å². The Labute approximate surface area is 144 Å². The van der Waals surface area contributed by atoms with Crippen molar-refractivity contribution in [3.63, 3.8) is 0 Å². The number of nitrogens with zero attached hydrogens (tertiary/aromatic N) is 1. The number of anilines is 2. The first-order valence-electron chi connectivity index (χ1n) is 7.55. The van der Waals surface area contributed by atoms with Gasteiger partial charge in [-0.15, -0.1) is 0 Å². The smallest absolute Gasteiger partial charge is 0.294 e. The SMILES string of the molecule is Nc1ccc(NC(=O)c2ccc(-c3ccccc3)cc2)cc1[N+](=O)[O-]. The van der Waals surface area contributed by atoms with Crippen molar-refractivity contribution in [2.75, 3.05) is 11.1 Å².